The lowest BCUT2D eigenvalue weighted by Crippen LogP contribution is -2.56. The fourth-order valence-electron chi connectivity index (χ4n) is 2.34. The fourth-order valence-corrected chi connectivity index (χ4v) is 2.34. The number of pyridine rings is 1. The Balaban J connectivity index is 2.14. The summed E-state index contributed by atoms with van der Waals surface area (Å²) in [4.78, 5) is 18.6. The monoisotopic (exact) mass is 261 g/mol. The van der Waals surface area contributed by atoms with E-state index in [1.807, 2.05) is 37.8 Å². The molecule has 0 saturated heterocycles. The van der Waals surface area contributed by atoms with Gasteiger partial charge >= 0.3 is 0 Å². The summed E-state index contributed by atoms with van der Waals surface area (Å²) in [6.45, 7) is 6.49. The number of amides is 1. The van der Waals surface area contributed by atoms with Crippen molar-refractivity contribution >= 4 is 5.91 Å². The van der Waals surface area contributed by atoms with Crippen molar-refractivity contribution in [3.63, 3.8) is 0 Å². The molecule has 1 heterocycles. The summed E-state index contributed by atoms with van der Waals surface area (Å²) in [5.41, 5.74) is 6.56. The molecule has 1 atom stereocenters. The van der Waals surface area contributed by atoms with E-state index in [-0.39, 0.29) is 11.9 Å². The fraction of sp³-hybridized carbons (Fsp3) is 0.600. The van der Waals surface area contributed by atoms with Gasteiger partial charge in [0, 0.05) is 25.0 Å². The first-order valence-corrected chi connectivity index (χ1v) is 6.91. The Labute approximate surface area is 115 Å². The van der Waals surface area contributed by atoms with Crippen molar-refractivity contribution in [2.24, 2.45) is 11.7 Å². The van der Waals surface area contributed by atoms with Crippen molar-refractivity contribution < 1.29 is 4.79 Å². The van der Waals surface area contributed by atoms with Crippen molar-refractivity contribution in [1.82, 2.24) is 9.88 Å². The molecule has 0 radical (unpaired) electrons. The third kappa shape index (κ3) is 3.13. The van der Waals surface area contributed by atoms with Gasteiger partial charge in [0.25, 0.3) is 0 Å². The molecular formula is C15H23N3O. The summed E-state index contributed by atoms with van der Waals surface area (Å²) < 4.78 is 0. The molecule has 1 aliphatic carbocycles. The van der Waals surface area contributed by atoms with E-state index in [0.717, 1.165) is 18.4 Å². The number of hydrogen-bond donors (Lipinski definition) is 1. The highest BCUT2D eigenvalue weighted by Crippen LogP contribution is 2.39. The quantitative estimate of drug-likeness (QED) is 0.881. The van der Waals surface area contributed by atoms with Crippen LogP contribution in [-0.4, -0.2) is 27.4 Å². The topological polar surface area (TPSA) is 59.2 Å². The van der Waals surface area contributed by atoms with Gasteiger partial charge in [0.05, 0.1) is 5.54 Å². The molecule has 104 valence electrons. The second-order valence-corrected chi connectivity index (χ2v) is 5.95. The molecule has 1 aromatic heterocycles. The first-order valence-electron chi connectivity index (χ1n) is 6.91. The van der Waals surface area contributed by atoms with E-state index < -0.39 is 5.54 Å². The van der Waals surface area contributed by atoms with Crippen LogP contribution in [-0.2, 0) is 11.3 Å². The van der Waals surface area contributed by atoms with Gasteiger partial charge in [0.1, 0.15) is 0 Å². The van der Waals surface area contributed by atoms with E-state index in [9.17, 15) is 4.79 Å². The molecule has 2 N–H and O–H groups in total. The molecular weight excluding hydrogens is 238 g/mol. The predicted molar refractivity (Wildman–Crippen MR) is 75.2 cm³/mol. The maximum absolute atomic E-state index is 12.7. The van der Waals surface area contributed by atoms with Gasteiger partial charge in [0.15, 0.2) is 0 Å². The van der Waals surface area contributed by atoms with Gasteiger partial charge < -0.3 is 10.6 Å². The van der Waals surface area contributed by atoms with Gasteiger partial charge in [0.2, 0.25) is 5.91 Å². The number of nitrogens with zero attached hydrogens (tertiary/aromatic N) is 2. The average molecular weight is 261 g/mol. The van der Waals surface area contributed by atoms with Crippen LogP contribution >= 0.6 is 0 Å². The summed E-state index contributed by atoms with van der Waals surface area (Å²) in [6.07, 6.45) is 5.67. The van der Waals surface area contributed by atoms with E-state index in [1.165, 1.54) is 0 Å². The normalized spacial score (nSPS) is 18.2. The molecule has 4 nitrogen and oxygen atoms in total. The van der Waals surface area contributed by atoms with Crippen LogP contribution in [0.4, 0.5) is 0 Å². The molecule has 1 aliphatic rings. The predicted octanol–water partition coefficient (Wildman–Crippen LogP) is 1.95. The molecule has 19 heavy (non-hydrogen) atoms. The van der Waals surface area contributed by atoms with Gasteiger partial charge in [-0.2, -0.15) is 0 Å². The highest BCUT2D eigenvalue weighted by Gasteiger charge is 2.46. The van der Waals surface area contributed by atoms with Gasteiger partial charge in [-0.05, 0) is 51.2 Å². The Hall–Kier alpha value is -1.42. The summed E-state index contributed by atoms with van der Waals surface area (Å²) in [5.74, 6) is 0.393. The van der Waals surface area contributed by atoms with Crippen molar-refractivity contribution in [2.45, 2.75) is 51.7 Å². The molecule has 4 heteroatoms. The van der Waals surface area contributed by atoms with Crippen molar-refractivity contribution in [2.75, 3.05) is 0 Å². The second kappa shape index (κ2) is 5.29. The Morgan fingerprint density at radius 3 is 2.74 bits per heavy atom. The Kier molecular flexibility index (Phi) is 3.90. The Morgan fingerprint density at radius 1 is 1.58 bits per heavy atom. The molecule has 0 bridgehead atoms. The van der Waals surface area contributed by atoms with Gasteiger partial charge in [-0.1, -0.05) is 6.07 Å². The number of carbonyl (C=O) groups is 1. The molecule has 1 aromatic rings. The van der Waals surface area contributed by atoms with E-state index in [2.05, 4.69) is 4.98 Å². The maximum Gasteiger partial charge on any atom is 0.243 e. The minimum atomic E-state index is -0.730. The smallest absolute Gasteiger partial charge is 0.243 e. The molecule has 0 spiro atoms. The maximum atomic E-state index is 12.7. The number of hydrogen-bond acceptors (Lipinski definition) is 3. The van der Waals surface area contributed by atoms with E-state index >= 15 is 0 Å². The lowest BCUT2D eigenvalue weighted by Gasteiger charge is -2.34. The Morgan fingerprint density at radius 2 is 2.26 bits per heavy atom. The summed E-state index contributed by atoms with van der Waals surface area (Å²) >= 11 is 0. The second-order valence-electron chi connectivity index (χ2n) is 5.95. The molecule has 2 rings (SSSR count). The van der Waals surface area contributed by atoms with Crippen LogP contribution in [0.5, 0.6) is 0 Å². The van der Waals surface area contributed by atoms with Crippen LogP contribution in [0, 0.1) is 5.92 Å². The minimum Gasteiger partial charge on any atom is -0.334 e. The zero-order valence-corrected chi connectivity index (χ0v) is 12.0. The van der Waals surface area contributed by atoms with Crippen LogP contribution in [0.15, 0.2) is 24.5 Å². The highest BCUT2D eigenvalue weighted by atomic mass is 16.2. The highest BCUT2D eigenvalue weighted by molar-refractivity contribution is 5.86. The van der Waals surface area contributed by atoms with E-state index in [0.29, 0.717) is 12.5 Å². The third-order valence-corrected chi connectivity index (χ3v) is 3.85. The van der Waals surface area contributed by atoms with Crippen molar-refractivity contribution in [3.05, 3.63) is 30.1 Å². The van der Waals surface area contributed by atoms with Crippen LogP contribution in [0.2, 0.25) is 0 Å². The zero-order valence-electron chi connectivity index (χ0n) is 12.0. The van der Waals surface area contributed by atoms with E-state index in [4.69, 9.17) is 5.73 Å². The van der Waals surface area contributed by atoms with Crippen LogP contribution in [0.1, 0.15) is 39.2 Å². The van der Waals surface area contributed by atoms with Gasteiger partial charge in [-0.15, -0.1) is 0 Å². The molecule has 1 fully saturated rings. The standard InChI is InChI=1S/C15H23N3O/c1-11(2)18(10-12-5-4-8-17-9-12)14(19)15(3,16)13-6-7-13/h4-5,8-9,11,13H,6-7,10,16H2,1-3H3. The molecule has 1 saturated carbocycles. The molecule has 0 aliphatic heterocycles. The van der Waals surface area contributed by atoms with Crippen molar-refractivity contribution in [1.29, 1.82) is 0 Å². The molecule has 1 amide bonds. The Bertz CT molecular complexity index is 438. The molecule has 0 aromatic carbocycles. The summed E-state index contributed by atoms with van der Waals surface area (Å²) in [5, 5.41) is 0. The SMILES string of the molecule is CC(C)N(Cc1cccnc1)C(=O)C(C)(N)C1CC1. The lowest BCUT2D eigenvalue weighted by molar-refractivity contribution is -0.139. The average Bonchev–Trinajstić information content (AvgIpc) is 3.20. The van der Waals surface area contributed by atoms with E-state index in [1.54, 1.807) is 12.4 Å². The van der Waals surface area contributed by atoms with Gasteiger partial charge in [-0.3, -0.25) is 9.78 Å². The number of aromatic nitrogens is 1. The molecule has 1 unspecified atom stereocenters. The first kappa shape index (κ1) is 14.0. The number of carbonyl (C=O) groups excluding carboxylic acids is 1. The zero-order chi connectivity index (χ0) is 14.0. The minimum absolute atomic E-state index is 0.0499. The first-order chi connectivity index (χ1) is 8.93. The third-order valence-electron chi connectivity index (χ3n) is 3.85. The van der Waals surface area contributed by atoms with Crippen molar-refractivity contribution in [3.8, 4) is 0 Å². The van der Waals surface area contributed by atoms with Crippen LogP contribution in [0.25, 0.3) is 0 Å². The summed E-state index contributed by atoms with van der Waals surface area (Å²) in [7, 11) is 0. The number of nitrogens with two attached hydrogens (primary N) is 1. The lowest BCUT2D eigenvalue weighted by atomic mass is 9.94. The summed E-state index contributed by atoms with van der Waals surface area (Å²) in [6, 6.07) is 4.01. The largest absolute Gasteiger partial charge is 0.334 e. The van der Waals surface area contributed by atoms with Crippen LogP contribution in [0.3, 0.4) is 0 Å². The number of rotatable bonds is 5. The van der Waals surface area contributed by atoms with Crippen LogP contribution < -0.4 is 5.73 Å². The van der Waals surface area contributed by atoms with Gasteiger partial charge in [-0.25, -0.2) is 0 Å².